The number of amides is 1. The Morgan fingerprint density at radius 2 is 1.90 bits per heavy atom. The van der Waals surface area contributed by atoms with E-state index in [2.05, 4.69) is 15.3 Å². The van der Waals surface area contributed by atoms with Crippen LogP contribution >= 0.6 is 0 Å². The maximum atomic E-state index is 13.1. The van der Waals surface area contributed by atoms with Crippen LogP contribution in [0.25, 0.3) is 5.65 Å². The molecule has 0 saturated heterocycles. The minimum absolute atomic E-state index is 0.0672. The monoisotopic (exact) mass is 431 g/mol. The van der Waals surface area contributed by atoms with E-state index >= 15 is 0 Å². The predicted octanol–water partition coefficient (Wildman–Crippen LogP) is 4.23. The van der Waals surface area contributed by atoms with Crippen molar-refractivity contribution in [2.75, 3.05) is 11.9 Å². The Kier molecular flexibility index (Phi) is 5.60. The molecule has 1 fully saturated rings. The number of hydrogen-bond donors (Lipinski definition) is 1. The van der Waals surface area contributed by atoms with Gasteiger partial charge in [-0.3, -0.25) is 14.2 Å². The SMILES string of the molecule is Cc1ncccc1C(=O)NC1CCC(N(C)c2cccc3nc(C(F)(F)F)cn23)CC1. The number of hydrogen-bond acceptors (Lipinski definition) is 4. The van der Waals surface area contributed by atoms with Crippen LogP contribution in [0.15, 0.2) is 42.7 Å². The molecule has 4 rings (SSSR count). The van der Waals surface area contributed by atoms with Gasteiger partial charge >= 0.3 is 6.18 Å². The molecule has 9 heteroatoms. The molecule has 1 aliphatic rings. The smallest absolute Gasteiger partial charge is 0.358 e. The van der Waals surface area contributed by atoms with Gasteiger partial charge in [0.2, 0.25) is 0 Å². The first-order valence-electron chi connectivity index (χ1n) is 10.2. The second-order valence-electron chi connectivity index (χ2n) is 7.96. The van der Waals surface area contributed by atoms with Crippen molar-refractivity contribution in [2.45, 2.75) is 50.9 Å². The van der Waals surface area contributed by atoms with E-state index in [0.29, 0.717) is 17.1 Å². The average Bonchev–Trinajstić information content (AvgIpc) is 3.19. The Morgan fingerprint density at radius 3 is 2.58 bits per heavy atom. The van der Waals surface area contributed by atoms with Gasteiger partial charge in [-0.05, 0) is 56.9 Å². The number of pyridine rings is 2. The highest BCUT2D eigenvalue weighted by Gasteiger charge is 2.34. The summed E-state index contributed by atoms with van der Waals surface area (Å²) in [4.78, 5) is 22.4. The summed E-state index contributed by atoms with van der Waals surface area (Å²) < 4.78 is 40.7. The van der Waals surface area contributed by atoms with E-state index in [1.165, 1.54) is 4.40 Å². The Morgan fingerprint density at radius 1 is 1.16 bits per heavy atom. The molecule has 3 heterocycles. The Hall–Kier alpha value is -3.10. The van der Waals surface area contributed by atoms with Crippen molar-refractivity contribution in [3.63, 3.8) is 0 Å². The van der Waals surface area contributed by atoms with Gasteiger partial charge in [-0.2, -0.15) is 13.2 Å². The zero-order valence-electron chi connectivity index (χ0n) is 17.4. The fourth-order valence-electron chi connectivity index (χ4n) is 4.20. The molecule has 0 aromatic carbocycles. The van der Waals surface area contributed by atoms with E-state index in [1.807, 2.05) is 18.9 Å². The Labute approximate surface area is 178 Å². The third kappa shape index (κ3) is 4.35. The first kappa shape index (κ1) is 21.1. The lowest BCUT2D eigenvalue weighted by atomic mass is 9.90. The molecule has 0 atom stereocenters. The molecule has 3 aromatic rings. The number of halogens is 3. The molecule has 0 radical (unpaired) electrons. The summed E-state index contributed by atoms with van der Waals surface area (Å²) in [6.07, 6.45) is 1.47. The molecule has 0 aliphatic heterocycles. The van der Waals surface area contributed by atoms with Crippen molar-refractivity contribution in [2.24, 2.45) is 0 Å². The van der Waals surface area contributed by atoms with Crippen molar-refractivity contribution in [3.8, 4) is 0 Å². The highest BCUT2D eigenvalue weighted by atomic mass is 19.4. The number of imidazole rings is 1. The van der Waals surface area contributed by atoms with Crippen molar-refractivity contribution in [1.82, 2.24) is 19.7 Å². The van der Waals surface area contributed by atoms with Crippen LogP contribution in [-0.2, 0) is 6.18 Å². The summed E-state index contributed by atoms with van der Waals surface area (Å²) >= 11 is 0. The predicted molar refractivity (Wildman–Crippen MR) is 111 cm³/mol. The molecule has 6 nitrogen and oxygen atoms in total. The largest absolute Gasteiger partial charge is 0.434 e. The summed E-state index contributed by atoms with van der Waals surface area (Å²) in [5, 5.41) is 3.09. The van der Waals surface area contributed by atoms with Crippen molar-refractivity contribution >= 4 is 17.4 Å². The number of carbonyl (C=O) groups excluding carboxylic acids is 1. The third-order valence-electron chi connectivity index (χ3n) is 5.95. The van der Waals surface area contributed by atoms with Crippen LogP contribution in [0.5, 0.6) is 0 Å². The highest BCUT2D eigenvalue weighted by Crippen LogP contribution is 2.31. The molecule has 0 spiro atoms. The van der Waals surface area contributed by atoms with Gasteiger partial charge in [0, 0.05) is 37.2 Å². The van der Waals surface area contributed by atoms with E-state index in [0.717, 1.165) is 31.9 Å². The first-order chi connectivity index (χ1) is 14.7. The third-order valence-corrected chi connectivity index (χ3v) is 5.95. The zero-order valence-corrected chi connectivity index (χ0v) is 17.4. The van der Waals surface area contributed by atoms with Gasteiger partial charge in [0.15, 0.2) is 5.69 Å². The molecule has 1 N–H and O–H groups in total. The summed E-state index contributed by atoms with van der Waals surface area (Å²) in [6.45, 7) is 1.81. The van der Waals surface area contributed by atoms with E-state index in [-0.39, 0.29) is 23.6 Å². The molecule has 1 amide bonds. The lowest BCUT2D eigenvalue weighted by molar-refractivity contribution is -0.140. The van der Waals surface area contributed by atoms with Gasteiger partial charge in [-0.15, -0.1) is 0 Å². The van der Waals surface area contributed by atoms with Crippen LogP contribution in [0.3, 0.4) is 0 Å². The molecular weight excluding hydrogens is 407 g/mol. The van der Waals surface area contributed by atoms with Crippen LogP contribution in [0.1, 0.15) is 47.4 Å². The van der Waals surface area contributed by atoms with E-state index in [9.17, 15) is 18.0 Å². The Balaban J connectivity index is 1.43. The summed E-state index contributed by atoms with van der Waals surface area (Å²) in [7, 11) is 1.89. The van der Waals surface area contributed by atoms with E-state index in [1.54, 1.807) is 36.5 Å². The number of carbonyl (C=O) groups is 1. The van der Waals surface area contributed by atoms with Crippen molar-refractivity contribution in [1.29, 1.82) is 0 Å². The second kappa shape index (κ2) is 8.20. The summed E-state index contributed by atoms with van der Waals surface area (Å²) in [6, 6.07) is 8.82. The number of aryl methyl sites for hydroxylation is 1. The van der Waals surface area contributed by atoms with Crippen LogP contribution in [0, 0.1) is 6.92 Å². The molecule has 31 heavy (non-hydrogen) atoms. The van der Waals surface area contributed by atoms with Gasteiger partial charge in [0.25, 0.3) is 5.91 Å². The van der Waals surface area contributed by atoms with Gasteiger partial charge in [-0.1, -0.05) is 6.07 Å². The number of alkyl halides is 3. The minimum Gasteiger partial charge on any atom is -0.358 e. The normalized spacial score (nSPS) is 19.4. The quantitative estimate of drug-likeness (QED) is 0.672. The molecule has 0 unspecified atom stereocenters. The summed E-state index contributed by atoms with van der Waals surface area (Å²) in [5.41, 5.74) is 0.643. The van der Waals surface area contributed by atoms with Gasteiger partial charge < -0.3 is 10.2 Å². The number of aromatic nitrogens is 3. The van der Waals surface area contributed by atoms with Crippen molar-refractivity contribution < 1.29 is 18.0 Å². The van der Waals surface area contributed by atoms with Crippen LogP contribution in [0.4, 0.5) is 19.0 Å². The molecule has 1 saturated carbocycles. The molecule has 1 aliphatic carbocycles. The van der Waals surface area contributed by atoms with Crippen LogP contribution < -0.4 is 10.2 Å². The number of nitrogens with zero attached hydrogens (tertiary/aromatic N) is 4. The lowest BCUT2D eigenvalue weighted by Gasteiger charge is -2.36. The van der Waals surface area contributed by atoms with Gasteiger partial charge in [0.05, 0.1) is 5.56 Å². The molecular formula is C22H24F3N5O. The number of anilines is 1. The maximum absolute atomic E-state index is 13.1. The van der Waals surface area contributed by atoms with E-state index < -0.39 is 11.9 Å². The molecule has 164 valence electrons. The van der Waals surface area contributed by atoms with Gasteiger partial charge in [-0.25, -0.2) is 4.98 Å². The van der Waals surface area contributed by atoms with Gasteiger partial charge in [0.1, 0.15) is 11.5 Å². The first-order valence-corrected chi connectivity index (χ1v) is 10.2. The molecule has 3 aromatic heterocycles. The minimum atomic E-state index is -4.48. The lowest BCUT2D eigenvalue weighted by Crippen LogP contribution is -2.43. The fraction of sp³-hybridized carbons (Fsp3) is 0.409. The average molecular weight is 431 g/mol. The zero-order chi connectivity index (χ0) is 22.2. The summed E-state index contributed by atoms with van der Waals surface area (Å²) in [5.74, 6) is 0.546. The maximum Gasteiger partial charge on any atom is 0.434 e. The highest BCUT2D eigenvalue weighted by molar-refractivity contribution is 5.95. The van der Waals surface area contributed by atoms with Crippen LogP contribution in [-0.4, -0.2) is 39.4 Å². The Bertz CT molecular complexity index is 1090. The second-order valence-corrected chi connectivity index (χ2v) is 7.96. The standard InChI is InChI=1S/C22H24F3N5O/c1-14-17(5-4-12-26-14)21(31)27-15-8-10-16(11-9-15)29(2)20-7-3-6-19-28-18(13-30(19)20)22(23,24)25/h3-7,12-13,15-16H,8-11H2,1-2H3,(H,27,31). The number of nitrogens with one attached hydrogen (secondary N) is 1. The number of fused-ring (bicyclic) bond motifs is 1. The fourth-order valence-corrected chi connectivity index (χ4v) is 4.20. The van der Waals surface area contributed by atoms with Crippen molar-refractivity contribution in [3.05, 3.63) is 59.7 Å². The molecule has 0 bridgehead atoms. The number of rotatable bonds is 4. The van der Waals surface area contributed by atoms with E-state index in [4.69, 9.17) is 0 Å². The van der Waals surface area contributed by atoms with Crippen LogP contribution in [0.2, 0.25) is 0 Å². The topological polar surface area (TPSA) is 62.5 Å².